The minimum absolute atomic E-state index is 0.0930. The Labute approximate surface area is 105 Å². The van der Waals surface area contributed by atoms with Crippen molar-refractivity contribution in [1.29, 1.82) is 0 Å². The highest BCUT2D eigenvalue weighted by Crippen LogP contribution is 2.16. The Kier molecular flexibility index (Phi) is 5.00. The molecule has 1 aromatic carbocycles. The van der Waals surface area contributed by atoms with Crippen molar-refractivity contribution in [3.05, 3.63) is 29.8 Å². The maximum atomic E-state index is 11.6. The van der Waals surface area contributed by atoms with E-state index in [2.05, 4.69) is 29.8 Å². The fourth-order valence-electron chi connectivity index (χ4n) is 1.21. The molecule has 0 aliphatic heterocycles. The predicted molar refractivity (Wildman–Crippen MR) is 69.5 cm³/mol. The van der Waals surface area contributed by atoms with Crippen LogP contribution in [-0.2, 0) is 0 Å². The number of hydrogen-bond acceptors (Lipinski definition) is 2. The van der Waals surface area contributed by atoms with Crippen molar-refractivity contribution in [2.24, 2.45) is 5.92 Å². The maximum Gasteiger partial charge on any atom is 0.176 e. The van der Waals surface area contributed by atoms with E-state index in [1.54, 1.807) is 12.1 Å². The zero-order chi connectivity index (χ0) is 12.1. The van der Waals surface area contributed by atoms with Crippen molar-refractivity contribution < 1.29 is 9.53 Å². The SMILES string of the molecule is CC(C)COc1ccc(C(=O)[C@@H](C)Br)cc1. The normalized spacial score (nSPS) is 12.6. The van der Waals surface area contributed by atoms with E-state index in [0.29, 0.717) is 18.1 Å². The van der Waals surface area contributed by atoms with Gasteiger partial charge >= 0.3 is 0 Å². The molecule has 3 heteroatoms. The van der Waals surface area contributed by atoms with Crippen LogP contribution in [-0.4, -0.2) is 17.2 Å². The van der Waals surface area contributed by atoms with E-state index in [9.17, 15) is 4.79 Å². The molecule has 88 valence electrons. The predicted octanol–water partition coefficient (Wildman–Crippen LogP) is 3.69. The Morgan fingerprint density at radius 3 is 2.25 bits per heavy atom. The van der Waals surface area contributed by atoms with Crippen LogP contribution in [0.3, 0.4) is 0 Å². The van der Waals surface area contributed by atoms with Crippen LogP contribution in [0.1, 0.15) is 31.1 Å². The fourth-order valence-corrected chi connectivity index (χ4v) is 1.47. The number of halogens is 1. The highest BCUT2D eigenvalue weighted by molar-refractivity contribution is 9.10. The first kappa shape index (κ1) is 13.2. The molecule has 0 radical (unpaired) electrons. The number of benzene rings is 1. The van der Waals surface area contributed by atoms with Crippen LogP contribution in [0.25, 0.3) is 0 Å². The molecule has 0 fully saturated rings. The van der Waals surface area contributed by atoms with Crippen molar-refractivity contribution in [2.75, 3.05) is 6.61 Å². The van der Waals surface area contributed by atoms with Crippen molar-refractivity contribution in [2.45, 2.75) is 25.6 Å². The van der Waals surface area contributed by atoms with Crippen LogP contribution < -0.4 is 4.74 Å². The van der Waals surface area contributed by atoms with E-state index in [1.165, 1.54) is 0 Å². The molecule has 0 amide bonds. The second-order valence-corrected chi connectivity index (χ2v) is 5.58. The van der Waals surface area contributed by atoms with Gasteiger partial charge in [-0.1, -0.05) is 29.8 Å². The molecule has 0 heterocycles. The first-order valence-corrected chi connectivity index (χ1v) is 6.33. The lowest BCUT2D eigenvalue weighted by Crippen LogP contribution is -2.10. The average Bonchev–Trinajstić information content (AvgIpc) is 2.26. The van der Waals surface area contributed by atoms with Crippen molar-refractivity contribution in [3.63, 3.8) is 0 Å². The molecule has 0 saturated heterocycles. The number of carbonyl (C=O) groups is 1. The van der Waals surface area contributed by atoms with E-state index in [4.69, 9.17) is 4.74 Å². The van der Waals surface area contributed by atoms with Gasteiger partial charge in [-0.3, -0.25) is 4.79 Å². The molecule has 0 saturated carbocycles. The van der Waals surface area contributed by atoms with Gasteiger partial charge in [-0.05, 0) is 37.1 Å². The van der Waals surface area contributed by atoms with Crippen LogP contribution >= 0.6 is 15.9 Å². The summed E-state index contributed by atoms with van der Waals surface area (Å²) in [6, 6.07) is 7.28. The molecular formula is C13H17BrO2. The third-order valence-electron chi connectivity index (χ3n) is 2.08. The first-order valence-electron chi connectivity index (χ1n) is 5.42. The van der Waals surface area contributed by atoms with Crippen molar-refractivity contribution in [1.82, 2.24) is 0 Å². The fraction of sp³-hybridized carbons (Fsp3) is 0.462. The summed E-state index contributed by atoms with van der Waals surface area (Å²) in [5.74, 6) is 1.41. The lowest BCUT2D eigenvalue weighted by atomic mass is 10.1. The molecule has 1 atom stereocenters. The van der Waals surface area contributed by atoms with Gasteiger partial charge in [0.25, 0.3) is 0 Å². The molecule has 0 N–H and O–H groups in total. The largest absolute Gasteiger partial charge is 0.493 e. The molecule has 0 aromatic heterocycles. The van der Waals surface area contributed by atoms with E-state index in [1.807, 2.05) is 19.1 Å². The number of carbonyl (C=O) groups excluding carboxylic acids is 1. The number of alkyl halides is 1. The molecular weight excluding hydrogens is 268 g/mol. The van der Waals surface area contributed by atoms with Crippen LogP contribution in [0.2, 0.25) is 0 Å². The number of ketones is 1. The quantitative estimate of drug-likeness (QED) is 0.609. The van der Waals surface area contributed by atoms with Gasteiger partial charge in [0.15, 0.2) is 5.78 Å². The minimum atomic E-state index is -0.144. The van der Waals surface area contributed by atoms with Gasteiger partial charge in [-0.2, -0.15) is 0 Å². The Morgan fingerprint density at radius 1 is 1.25 bits per heavy atom. The third kappa shape index (κ3) is 3.97. The summed E-state index contributed by atoms with van der Waals surface area (Å²) >= 11 is 3.26. The van der Waals surface area contributed by atoms with Gasteiger partial charge in [-0.15, -0.1) is 0 Å². The molecule has 1 rings (SSSR count). The molecule has 2 nitrogen and oxygen atoms in total. The summed E-state index contributed by atoms with van der Waals surface area (Å²) in [5.41, 5.74) is 0.710. The number of hydrogen-bond donors (Lipinski definition) is 0. The second kappa shape index (κ2) is 6.04. The van der Waals surface area contributed by atoms with Crippen molar-refractivity contribution in [3.8, 4) is 5.75 Å². The van der Waals surface area contributed by atoms with Gasteiger partial charge in [0.2, 0.25) is 0 Å². The Morgan fingerprint density at radius 2 is 1.81 bits per heavy atom. The summed E-state index contributed by atoms with van der Waals surface area (Å²) < 4.78 is 5.54. The van der Waals surface area contributed by atoms with E-state index in [0.717, 1.165) is 5.75 Å². The standard InChI is InChI=1S/C13H17BrO2/c1-9(2)8-16-12-6-4-11(5-7-12)13(15)10(3)14/h4-7,9-10H,8H2,1-3H3/t10-/m1/s1. The van der Waals surface area contributed by atoms with Gasteiger partial charge in [0.1, 0.15) is 5.75 Å². The lowest BCUT2D eigenvalue weighted by molar-refractivity contribution is 0.0996. The minimum Gasteiger partial charge on any atom is -0.493 e. The molecule has 16 heavy (non-hydrogen) atoms. The van der Waals surface area contributed by atoms with Gasteiger partial charge in [0, 0.05) is 5.56 Å². The summed E-state index contributed by atoms with van der Waals surface area (Å²) in [4.78, 5) is 11.5. The van der Waals surface area contributed by atoms with Gasteiger partial charge < -0.3 is 4.74 Å². The third-order valence-corrected chi connectivity index (χ3v) is 2.50. The highest BCUT2D eigenvalue weighted by Gasteiger charge is 2.11. The van der Waals surface area contributed by atoms with E-state index in [-0.39, 0.29) is 10.6 Å². The summed E-state index contributed by atoms with van der Waals surface area (Å²) in [5, 5.41) is 0. The van der Waals surface area contributed by atoms with Gasteiger partial charge in [0.05, 0.1) is 11.4 Å². The molecule has 1 aromatic rings. The Bertz CT molecular complexity index is 341. The van der Waals surface area contributed by atoms with E-state index >= 15 is 0 Å². The molecule has 0 spiro atoms. The highest BCUT2D eigenvalue weighted by atomic mass is 79.9. The van der Waals surface area contributed by atoms with Gasteiger partial charge in [-0.25, -0.2) is 0 Å². The Hall–Kier alpha value is -0.830. The Balaban J connectivity index is 2.64. The molecule has 0 aliphatic rings. The number of ether oxygens (including phenoxy) is 1. The zero-order valence-corrected chi connectivity index (χ0v) is 11.5. The van der Waals surface area contributed by atoms with Crippen molar-refractivity contribution >= 4 is 21.7 Å². The smallest absolute Gasteiger partial charge is 0.176 e. The first-order chi connectivity index (χ1) is 7.50. The second-order valence-electron chi connectivity index (χ2n) is 4.21. The van der Waals surface area contributed by atoms with Crippen LogP contribution in [0, 0.1) is 5.92 Å². The maximum absolute atomic E-state index is 11.6. The number of Topliss-reactive ketones (excluding diaryl/α,β-unsaturated/α-hetero) is 1. The molecule has 0 aliphatic carbocycles. The van der Waals surface area contributed by atoms with Crippen LogP contribution in [0.5, 0.6) is 5.75 Å². The molecule has 0 bridgehead atoms. The summed E-state index contributed by atoms with van der Waals surface area (Å²) in [6.07, 6.45) is 0. The molecule has 0 unspecified atom stereocenters. The summed E-state index contributed by atoms with van der Waals surface area (Å²) in [6.45, 7) is 6.72. The topological polar surface area (TPSA) is 26.3 Å². The monoisotopic (exact) mass is 284 g/mol. The number of rotatable bonds is 5. The lowest BCUT2D eigenvalue weighted by Gasteiger charge is -2.09. The summed E-state index contributed by atoms with van der Waals surface area (Å²) in [7, 11) is 0. The zero-order valence-electron chi connectivity index (χ0n) is 9.87. The van der Waals surface area contributed by atoms with Crippen LogP contribution in [0.4, 0.5) is 0 Å². The average molecular weight is 285 g/mol. The van der Waals surface area contributed by atoms with E-state index < -0.39 is 0 Å². The van der Waals surface area contributed by atoms with Crippen LogP contribution in [0.15, 0.2) is 24.3 Å².